The first-order valence-corrected chi connectivity index (χ1v) is 2.98. The molecule has 12 heavy (non-hydrogen) atoms. The summed E-state index contributed by atoms with van der Waals surface area (Å²) in [6.07, 6.45) is -5.25. The fraction of sp³-hybridized carbons (Fsp3) is 0.667. The van der Waals surface area contributed by atoms with Crippen LogP contribution < -0.4 is 0 Å². The first-order valence-electron chi connectivity index (χ1n) is 2.98. The number of esters is 2. The lowest BCUT2D eigenvalue weighted by molar-refractivity contribution is -0.159. The van der Waals surface area contributed by atoms with Crippen LogP contribution in [0.15, 0.2) is 0 Å². The number of halogens is 2. The summed E-state index contributed by atoms with van der Waals surface area (Å²) in [7, 11) is 1.78. The van der Waals surface area contributed by atoms with E-state index < -0.39 is 24.3 Å². The average molecular weight is 182 g/mol. The highest BCUT2D eigenvalue weighted by Gasteiger charge is 2.35. The molecule has 0 radical (unpaired) electrons. The van der Waals surface area contributed by atoms with Crippen molar-refractivity contribution in [3.8, 4) is 0 Å². The molecule has 0 saturated heterocycles. The summed E-state index contributed by atoms with van der Waals surface area (Å²) in [5, 5.41) is 0. The number of carbonyl (C=O) groups is 2. The molecule has 0 aliphatic rings. The Morgan fingerprint density at radius 1 is 1.00 bits per heavy atom. The first kappa shape index (κ1) is 10.8. The predicted octanol–water partition coefficient (Wildman–Crippen LogP) is 0.00860. The highest BCUT2D eigenvalue weighted by molar-refractivity contribution is 5.85. The van der Waals surface area contributed by atoms with E-state index in [9.17, 15) is 18.4 Å². The van der Waals surface area contributed by atoms with Crippen molar-refractivity contribution in [3.63, 3.8) is 0 Å². The lowest BCUT2D eigenvalue weighted by atomic mass is 10.2. The van der Waals surface area contributed by atoms with Gasteiger partial charge in [0, 0.05) is 0 Å². The van der Waals surface area contributed by atoms with Gasteiger partial charge in [0.2, 0.25) is 12.3 Å². The molecule has 4 nitrogen and oxygen atoms in total. The van der Waals surface area contributed by atoms with Gasteiger partial charge in [0.15, 0.2) is 0 Å². The van der Waals surface area contributed by atoms with Crippen LogP contribution in [0.5, 0.6) is 0 Å². The van der Waals surface area contributed by atoms with Gasteiger partial charge in [0.25, 0.3) is 0 Å². The molecule has 70 valence electrons. The van der Waals surface area contributed by atoms with Crippen molar-refractivity contribution in [1.29, 1.82) is 0 Å². The van der Waals surface area contributed by atoms with Gasteiger partial charge in [-0.05, 0) is 0 Å². The maximum atomic E-state index is 12.5. The second kappa shape index (κ2) is 4.63. The topological polar surface area (TPSA) is 52.6 Å². The summed E-state index contributed by atoms with van der Waals surface area (Å²) in [6, 6.07) is 0. The molecule has 0 aromatic heterocycles. The summed E-state index contributed by atoms with van der Waals surface area (Å²) >= 11 is 0. The third-order valence-corrected chi connectivity index (χ3v) is 1.11. The first-order chi connectivity index (χ1) is 5.54. The minimum Gasteiger partial charge on any atom is -0.467 e. The predicted molar refractivity (Wildman–Crippen MR) is 33.8 cm³/mol. The van der Waals surface area contributed by atoms with E-state index in [-0.39, 0.29) is 0 Å². The summed E-state index contributed by atoms with van der Waals surface area (Å²) in [4.78, 5) is 20.7. The molecule has 0 fully saturated rings. The van der Waals surface area contributed by atoms with E-state index in [1.807, 2.05) is 0 Å². The Bertz CT molecular complexity index is 162. The van der Waals surface area contributed by atoms with Crippen LogP contribution in [0.25, 0.3) is 0 Å². The van der Waals surface area contributed by atoms with Gasteiger partial charge >= 0.3 is 11.9 Å². The van der Waals surface area contributed by atoms with Crippen LogP contribution in [0, 0.1) is 0 Å². The van der Waals surface area contributed by atoms with Crippen LogP contribution in [-0.2, 0) is 19.1 Å². The highest BCUT2D eigenvalue weighted by Crippen LogP contribution is 2.07. The van der Waals surface area contributed by atoms with Gasteiger partial charge in [-0.1, -0.05) is 0 Å². The minimum absolute atomic E-state index is 0.888. The molecule has 0 N–H and O–H groups in total. The third-order valence-electron chi connectivity index (χ3n) is 1.11. The smallest absolute Gasteiger partial charge is 0.344 e. The largest absolute Gasteiger partial charge is 0.467 e. The van der Waals surface area contributed by atoms with Gasteiger partial charge < -0.3 is 9.47 Å². The fourth-order valence-electron chi connectivity index (χ4n) is 0.464. The Hall–Kier alpha value is -1.20. The van der Waals surface area contributed by atoms with E-state index in [1.54, 1.807) is 0 Å². The van der Waals surface area contributed by atoms with Crippen LogP contribution in [-0.4, -0.2) is 38.5 Å². The van der Waals surface area contributed by atoms with Crippen molar-refractivity contribution in [1.82, 2.24) is 0 Å². The average Bonchev–Trinajstić information content (AvgIpc) is 2.12. The maximum absolute atomic E-state index is 12.5. The van der Waals surface area contributed by atoms with E-state index >= 15 is 0 Å². The van der Waals surface area contributed by atoms with Crippen LogP contribution >= 0.6 is 0 Å². The van der Waals surface area contributed by atoms with Crippen molar-refractivity contribution in [2.45, 2.75) is 12.3 Å². The van der Waals surface area contributed by atoms with E-state index in [2.05, 4.69) is 9.47 Å². The second-order valence-corrected chi connectivity index (χ2v) is 1.85. The third kappa shape index (κ3) is 2.44. The summed E-state index contributed by atoms with van der Waals surface area (Å²) in [5.74, 6) is -2.87. The lowest BCUT2D eigenvalue weighted by Gasteiger charge is -2.08. The standard InChI is InChI=1S/C6H8F2O4/c1-11-5(9)3(7)4(8)6(10)12-2/h3-4H,1-2H3/t3-,4-/m0/s1. The van der Waals surface area contributed by atoms with Crippen molar-refractivity contribution in [3.05, 3.63) is 0 Å². The molecular formula is C6H8F2O4. The summed E-state index contributed by atoms with van der Waals surface area (Å²) in [5.41, 5.74) is 0. The number of ether oxygens (including phenoxy) is 2. The minimum atomic E-state index is -2.62. The molecule has 0 saturated carbocycles. The molecule has 0 rings (SSSR count). The van der Waals surface area contributed by atoms with Crippen LogP contribution in [0.2, 0.25) is 0 Å². The Balaban J connectivity index is 4.18. The number of rotatable bonds is 3. The van der Waals surface area contributed by atoms with Crippen molar-refractivity contribution in [2.75, 3.05) is 14.2 Å². The molecule has 0 aromatic carbocycles. The van der Waals surface area contributed by atoms with Gasteiger partial charge in [-0.15, -0.1) is 0 Å². The summed E-state index contributed by atoms with van der Waals surface area (Å²) in [6.45, 7) is 0. The number of carbonyl (C=O) groups excluding carboxylic acids is 2. The van der Waals surface area contributed by atoms with Gasteiger partial charge in [-0.2, -0.15) is 0 Å². The maximum Gasteiger partial charge on any atom is 0.344 e. The Labute approximate surface area is 67.4 Å². The van der Waals surface area contributed by atoms with E-state index in [0.29, 0.717) is 0 Å². The zero-order valence-corrected chi connectivity index (χ0v) is 6.54. The van der Waals surface area contributed by atoms with Crippen LogP contribution in [0.4, 0.5) is 8.78 Å². The number of alkyl halides is 2. The zero-order chi connectivity index (χ0) is 9.72. The lowest BCUT2D eigenvalue weighted by Crippen LogP contribution is -2.34. The fourth-order valence-corrected chi connectivity index (χ4v) is 0.464. The van der Waals surface area contributed by atoms with E-state index in [1.165, 1.54) is 0 Å². The van der Waals surface area contributed by atoms with Gasteiger partial charge in [0.1, 0.15) is 0 Å². The highest BCUT2D eigenvalue weighted by atomic mass is 19.2. The van der Waals surface area contributed by atoms with Gasteiger partial charge in [-0.3, -0.25) is 0 Å². The quantitative estimate of drug-likeness (QED) is 0.577. The van der Waals surface area contributed by atoms with Crippen LogP contribution in [0.3, 0.4) is 0 Å². The molecule has 0 heterocycles. The number of methoxy groups -OCH3 is 2. The van der Waals surface area contributed by atoms with Crippen molar-refractivity contribution in [2.24, 2.45) is 0 Å². The van der Waals surface area contributed by atoms with Gasteiger partial charge in [-0.25, -0.2) is 18.4 Å². The normalized spacial score (nSPS) is 14.7. The zero-order valence-electron chi connectivity index (χ0n) is 6.54. The molecule has 0 spiro atoms. The van der Waals surface area contributed by atoms with Crippen molar-refractivity contribution < 1.29 is 27.8 Å². The Kier molecular flexibility index (Phi) is 4.17. The Morgan fingerprint density at radius 2 is 1.25 bits per heavy atom. The van der Waals surface area contributed by atoms with E-state index in [4.69, 9.17) is 0 Å². The monoisotopic (exact) mass is 182 g/mol. The molecule has 0 aliphatic heterocycles. The van der Waals surface area contributed by atoms with Gasteiger partial charge in [0.05, 0.1) is 14.2 Å². The molecule has 0 bridgehead atoms. The second-order valence-electron chi connectivity index (χ2n) is 1.85. The summed E-state index contributed by atoms with van der Waals surface area (Å²) < 4.78 is 32.7. The molecule has 0 aliphatic carbocycles. The van der Waals surface area contributed by atoms with E-state index in [0.717, 1.165) is 14.2 Å². The molecule has 6 heteroatoms. The molecule has 2 atom stereocenters. The number of hydrogen-bond donors (Lipinski definition) is 0. The Morgan fingerprint density at radius 3 is 1.42 bits per heavy atom. The number of hydrogen-bond acceptors (Lipinski definition) is 4. The molecule has 0 amide bonds. The molecule has 0 unspecified atom stereocenters. The van der Waals surface area contributed by atoms with Crippen LogP contribution in [0.1, 0.15) is 0 Å². The SMILES string of the molecule is COC(=O)[C@@H](F)[C@H](F)C(=O)OC. The van der Waals surface area contributed by atoms with Crippen molar-refractivity contribution >= 4 is 11.9 Å². The molecule has 0 aromatic rings. The molecular weight excluding hydrogens is 174 g/mol.